The number of non-ortho nitro benzene ring substituents is 1. The third-order valence-corrected chi connectivity index (χ3v) is 3.27. The minimum absolute atomic E-state index is 0.185. The largest absolute Gasteiger partial charge is 0.269 e. The molecule has 0 bridgehead atoms. The van der Waals surface area contributed by atoms with Crippen LogP contribution in [0.5, 0.6) is 0 Å². The summed E-state index contributed by atoms with van der Waals surface area (Å²) in [7, 11) is 0. The number of nitro benzene ring substituents is 1. The number of hydrogen-bond donors (Lipinski definition) is 0. The first-order valence-corrected chi connectivity index (χ1v) is 5.41. The zero-order valence-corrected chi connectivity index (χ0v) is 8.85. The second-order valence-corrected chi connectivity index (χ2v) is 4.46. The van der Waals surface area contributed by atoms with Gasteiger partial charge in [0.1, 0.15) is 0 Å². The van der Waals surface area contributed by atoms with E-state index in [1.807, 2.05) is 12.1 Å². The molecule has 1 aliphatic rings. The van der Waals surface area contributed by atoms with Crippen molar-refractivity contribution in [1.29, 1.82) is 0 Å². The molecule has 2 atom stereocenters. The van der Waals surface area contributed by atoms with E-state index in [2.05, 4.69) is 6.92 Å². The molecule has 3 heteroatoms. The average molecular weight is 205 g/mol. The van der Waals surface area contributed by atoms with E-state index in [0.717, 1.165) is 5.92 Å². The number of benzene rings is 1. The molecule has 0 aliphatic heterocycles. The van der Waals surface area contributed by atoms with Crippen LogP contribution in [0.1, 0.15) is 37.7 Å². The SMILES string of the molecule is CC1CCC(c2ccc([N+](=O)[O-])cc2)C1. The molecule has 0 radical (unpaired) electrons. The molecule has 1 fully saturated rings. The van der Waals surface area contributed by atoms with Crippen molar-refractivity contribution in [2.45, 2.75) is 32.1 Å². The van der Waals surface area contributed by atoms with Crippen LogP contribution in [0, 0.1) is 16.0 Å². The van der Waals surface area contributed by atoms with E-state index < -0.39 is 0 Å². The van der Waals surface area contributed by atoms with Crippen molar-refractivity contribution in [2.75, 3.05) is 0 Å². The lowest BCUT2D eigenvalue weighted by Gasteiger charge is -2.09. The Morgan fingerprint density at radius 2 is 1.93 bits per heavy atom. The van der Waals surface area contributed by atoms with Gasteiger partial charge in [-0.2, -0.15) is 0 Å². The third-order valence-electron chi connectivity index (χ3n) is 3.27. The monoisotopic (exact) mass is 205 g/mol. The minimum atomic E-state index is -0.346. The highest BCUT2D eigenvalue weighted by Gasteiger charge is 2.22. The highest BCUT2D eigenvalue weighted by atomic mass is 16.6. The van der Waals surface area contributed by atoms with E-state index in [1.165, 1.54) is 24.8 Å². The van der Waals surface area contributed by atoms with Gasteiger partial charge in [0.15, 0.2) is 0 Å². The van der Waals surface area contributed by atoms with Gasteiger partial charge in [0.05, 0.1) is 4.92 Å². The predicted molar refractivity (Wildman–Crippen MR) is 58.9 cm³/mol. The molecule has 1 aromatic rings. The van der Waals surface area contributed by atoms with Crippen molar-refractivity contribution in [1.82, 2.24) is 0 Å². The van der Waals surface area contributed by atoms with Crippen LogP contribution in [0.15, 0.2) is 24.3 Å². The molecule has 0 heterocycles. The third kappa shape index (κ3) is 2.17. The van der Waals surface area contributed by atoms with Gasteiger partial charge in [-0.15, -0.1) is 0 Å². The quantitative estimate of drug-likeness (QED) is 0.547. The Hall–Kier alpha value is -1.38. The van der Waals surface area contributed by atoms with Gasteiger partial charge in [-0.3, -0.25) is 10.1 Å². The van der Waals surface area contributed by atoms with Gasteiger partial charge in [0, 0.05) is 12.1 Å². The van der Waals surface area contributed by atoms with Gasteiger partial charge < -0.3 is 0 Å². The Labute approximate surface area is 89.3 Å². The first kappa shape index (κ1) is 10.1. The minimum Gasteiger partial charge on any atom is -0.258 e. The Bertz CT molecular complexity index is 358. The molecule has 1 aliphatic carbocycles. The zero-order valence-electron chi connectivity index (χ0n) is 8.85. The van der Waals surface area contributed by atoms with Crippen LogP contribution >= 0.6 is 0 Å². The summed E-state index contributed by atoms with van der Waals surface area (Å²) in [6.45, 7) is 2.27. The lowest BCUT2D eigenvalue weighted by atomic mass is 9.96. The fraction of sp³-hybridized carbons (Fsp3) is 0.500. The molecular weight excluding hydrogens is 190 g/mol. The summed E-state index contributed by atoms with van der Waals surface area (Å²) in [5, 5.41) is 10.5. The summed E-state index contributed by atoms with van der Waals surface area (Å²) in [6.07, 6.45) is 3.72. The Balaban J connectivity index is 2.13. The number of nitro groups is 1. The van der Waals surface area contributed by atoms with Crippen LogP contribution in [-0.4, -0.2) is 4.92 Å². The van der Waals surface area contributed by atoms with Gasteiger partial charge in [-0.25, -0.2) is 0 Å². The highest BCUT2D eigenvalue weighted by Crippen LogP contribution is 2.38. The van der Waals surface area contributed by atoms with Crippen LogP contribution in [0.2, 0.25) is 0 Å². The molecule has 1 saturated carbocycles. The lowest BCUT2D eigenvalue weighted by molar-refractivity contribution is -0.384. The molecular formula is C12H15NO2. The molecule has 2 unspecified atom stereocenters. The van der Waals surface area contributed by atoms with Crippen molar-refractivity contribution < 1.29 is 4.92 Å². The molecule has 0 amide bonds. The maximum atomic E-state index is 10.5. The summed E-state index contributed by atoms with van der Waals surface area (Å²) in [6, 6.07) is 7.03. The van der Waals surface area contributed by atoms with E-state index in [-0.39, 0.29) is 10.6 Å². The molecule has 0 saturated heterocycles. The molecule has 0 spiro atoms. The molecule has 0 N–H and O–H groups in total. The predicted octanol–water partition coefficient (Wildman–Crippen LogP) is 3.50. The Kier molecular flexibility index (Phi) is 2.71. The average Bonchev–Trinajstić information content (AvgIpc) is 2.65. The van der Waals surface area contributed by atoms with Crippen molar-refractivity contribution >= 4 is 5.69 Å². The maximum absolute atomic E-state index is 10.5. The van der Waals surface area contributed by atoms with Gasteiger partial charge in [-0.1, -0.05) is 25.5 Å². The Morgan fingerprint density at radius 3 is 2.40 bits per heavy atom. The van der Waals surface area contributed by atoms with Crippen LogP contribution in [-0.2, 0) is 0 Å². The topological polar surface area (TPSA) is 43.1 Å². The molecule has 2 rings (SSSR count). The second-order valence-electron chi connectivity index (χ2n) is 4.46. The van der Waals surface area contributed by atoms with Crippen LogP contribution in [0.25, 0.3) is 0 Å². The first-order chi connectivity index (χ1) is 7.16. The van der Waals surface area contributed by atoms with E-state index in [9.17, 15) is 10.1 Å². The van der Waals surface area contributed by atoms with Gasteiger partial charge >= 0.3 is 0 Å². The van der Waals surface area contributed by atoms with Crippen LogP contribution in [0.4, 0.5) is 5.69 Å². The van der Waals surface area contributed by atoms with Gasteiger partial charge in [0.2, 0.25) is 0 Å². The fourth-order valence-corrected chi connectivity index (χ4v) is 2.38. The van der Waals surface area contributed by atoms with Crippen LogP contribution < -0.4 is 0 Å². The number of nitrogens with zero attached hydrogens (tertiary/aromatic N) is 1. The zero-order chi connectivity index (χ0) is 10.8. The number of rotatable bonds is 2. The highest BCUT2D eigenvalue weighted by molar-refractivity contribution is 5.34. The molecule has 3 nitrogen and oxygen atoms in total. The summed E-state index contributed by atoms with van der Waals surface area (Å²) >= 11 is 0. The smallest absolute Gasteiger partial charge is 0.258 e. The van der Waals surface area contributed by atoms with Crippen molar-refractivity contribution in [2.24, 2.45) is 5.92 Å². The van der Waals surface area contributed by atoms with E-state index in [4.69, 9.17) is 0 Å². The summed E-state index contributed by atoms with van der Waals surface area (Å²) < 4.78 is 0. The van der Waals surface area contributed by atoms with Crippen molar-refractivity contribution in [3.05, 3.63) is 39.9 Å². The van der Waals surface area contributed by atoms with Crippen LogP contribution in [0.3, 0.4) is 0 Å². The molecule has 15 heavy (non-hydrogen) atoms. The summed E-state index contributed by atoms with van der Waals surface area (Å²) in [5.41, 5.74) is 1.44. The summed E-state index contributed by atoms with van der Waals surface area (Å²) in [5.74, 6) is 1.41. The van der Waals surface area contributed by atoms with E-state index in [1.54, 1.807) is 12.1 Å². The second kappa shape index (κ2) is 4.01. The van der Waals surface area contributed by atoms with Gasteiger partial charge in [-0.05, 0) is 30.2 Å². The molecule has 0 aromatic heterocycles. The molecule has 80 valence electrons. The van der Waals surface area contributed by atoms with Crippen molar-refractivity contribution in [3.8, 4) is 0 Å². The Morgan fingerprint density at radius 1 is 1.27 bits per heavy atom. The van der Waals surface area contributed by atoms with Gasteiger partial charge in [0.25, 0.3) is 5.69 Å². The lowest BCUT2D eigenvalue weighted by Crippen LogP contribution is -1.94. The first-order valence-electron chi connectivity index (χ1n) is 5.41. The van der Waals surface area contributed by atoms with Crippen molar-refractivity contribution in [3.63, 3.8) is 0 Å². The maximum Gasteiger partial charge on any atom is 0.269 e. The summed E-state index contributed by atoms with van der Waals surface area (Å²) in [4.78, 5) is 10.1. The standard InChI is InChI=1S/C12H15NO2/c1-9-2-3-11(8-9)10-4-6-12(7-5-10)13(14)15/h4-7,9,11H,2-3,8H2,1H3. The van der Waals surface area contributed by atoms with E-state index in [0.29, 0.717) is 5.92 Å². The fourth-order valence-electron chi connectivity index (χ4n) is 2.38. The number of hydrogen-bond acceptors (Lipinski definition) is 2. The normalized spacial score (nSPS) is 25.4. The molecule has 1 aromatic carbocycles. The van der Waals surface area contributed by atoms with E-state index >= 15 is 0 Å².